The Hall–Kier alpha value is -2.57. The van der Waals surface area contributed by atoms with E-state index in [1.807, 2.05) is 48.8 Å². The van der Waals surface area contributed by atoms with E-state index in [-0.39, 0.29) is 5.91 Å². The molecule has 0 aliphatic rings. The Morgan fingerprint density at radius 3 is 2.82 bits per heavy atom. The molecule has 0 fully saturated rings. The third-order valence-electron chi connectivity index (χ3n) is 4.47. The largest absolute Gasteiger partial charge is 0.352 e. The Labute approximate surface area is 172 Å². The molecular weight excluding hydrogens is 386 g/mol. The van der Waals surface area contributed by atoms with Gasteiger partial charge >= 0.3 is 0 Å². The molecular formula is C22H21N3OS2. The Balaban J connectivity index is 1.31. The molecule has 0 aliphatic heterocycles. The molecule has 0 unspecified atom stereocenters. The average Bonchev–Trinajstić information content (AvgIpc) is 3.40. The number of nitrogens with one attached hydrogen (secondary N) is 1. The highest BCUT2D eigenvalue weighted by molar-refractivity contribution is 7.98. The van der Waals surface area contributed by atoms with E-state index in [2.05, 4.69) is 38.4 Å². The van der Waals surface area contributed by atoms with Crippen LogP contribution >= 0.6 is 23.1 Å². The number of carbonyl (C=O) groups excluding carboxylic acids is 1. The number of thiophene rings is 1. The van der Waals surface area contributed by atoms with Crippen molar-refractivity contribution in [3.8, 4) is 0 Å². The first-order chi connectivity index (χ1) is 13.8. The van der Waals surface area contributed by atoms with Crippen molar-refractivity contribution in [2.45, 2.75) is 23.6 Å². The van der Waals surface area contributed by atoms with Crippen molar-refractivity contribution in [1.29, 1.82) is 0 Å². The first-order valence-electron chi connectivity index (χ1n) is 9.23. The number of carbonyl (C=O) groups is 1. The molecule has 0 saturated heterocycles. The van der Waals surface area contributed by atoms with Gasteiger partial charge in [-0.2, -0.15) is 0 Å². The fraction of sp³-hybridized carbons (Fsp3) is 0.182. The van der Waals surface area contributed by atoms with Gasteiger partial charge in [-0.05, 0) is 42.1 Å². The van der Waals surface area contributed by atoms with Gasteiger partial charge in [-0.3, -0.25) is 4.79 Å². The van der Waals surface area contributed by atoms with Crippen LogP contribution in [0.4, 0.5) is 0 Å². The number of nitrogens with zero attached hydrogens (tertiary/aromatic N) is 2. The maximum Gasteiger partial charge on any atom is 0.252 e. The second-order valence-corrected chi connectivity index (χ2v) is 8.45. The zero-order chi connectivity index (χ0) is 19.2. The van der Waals surface area contributed by atoms with Gasteiger partial charge in [0.1, 0.15) is 0 Å². The van der Waals surface area contributed by atoms with Gasteiger partial charge in [0.25, 0.3) is 5.91 Å². The quantitative estimate of drug-likeness (QED) is 0.322. The van der Waals surface area contributed by atoms with Crippen molar-refractivity contribution in [2.24, 2.45) is 0 Å². The summed E-state index contributed by atoms with van der Waals surface area (Å²) in [5.74, 6) is 0.875. The van der Waals surface area contributed by atoms with Crippen LogP contribution in [0.15, 0.2) is 77.3 Å². The van der Waals surface area contributed by atoms with Crippen molar-refractivity contribution in [1.82, 2.24) is 14.9 Å². The summed E-state index contributed by atoms with van der Waals surface area (Å²) >= 11 is 3.45. The van der Waals surface area contributed by atoms with Crippen LogP contribution in [0.25, 0.3) is 11.0 Å². The molecule has 142 valence electrons. The highest BCUT2D eigenvalue weighted by Crippen LogP contribution is 2.27. The van der Waals surface area contributed by atoms with Crippen LogP contribution in [0.1, 0.15) is 21.7 Å². The van der Waals surface area contributed by atoms with Crippen LogP contribution in [-0.2, 0) is 12.3 Å². The van der Waals surface area contributed by atoms with E-state index in [0.29, 0.717) is 6.54 Å². The number of rotatable bonds is 8. The molecule has 2 heterocycles. The lowest BCUT2D eigenvalue weighted by atomic mass is 10.2. The minimum atomic E-state index is -0.00947. The summed E-state index contributed by atoms with van der Waals surface area (Å²) in [5, 5.41) is 5.14. The maximum atomic E-state index is 12.7. The third-order valence-corrected chi connectivity index (χ3v) is 6.65. The first-order valence-corrected chi connectivity index (χ1v) is 11.1. The normalized spacial score (nSPS) is 11.0. The SMILES string of the molecule is O=C(NCCCn1cnc2ccccc21)c1ccccc1SCc1cccs1. The summed E-state index contributed by atoms with van der Waals surface area (Å²) in [6, 6.07) is 20.1. The third kappa shape index (κ3) is 4.46. The molecule has 2 aromatic heterocycles. The Bertz CT molecular complexity index is 1060. The van der Waals surface area contributed by atoms with E-state index in [4.69, 9.17) is 0 Å². The minimum absolute atomic E-state index is 0.00947. The van der Waals surface area contributed by atoms with E-state index < -0.39 is 0 Å². The molecule has 0 atom stereocenters. The van der Waals surface area contributed by atoms with Gasteiger partial charge in [-0.25, -0.2) is 4.98 Å². The molecule has 0 radical (unpaired) electrons. The number of aromatic nitrogens is 2. The number of hydrogen-bond acceptors (Lipinski definition) is 4. The smallest absolute Gasteiger partial charge is 0.252 e. The van der Waals surface area contributed by atoms with E-state index in [1.165, 1.54) is 4.88 Å². The van der Waals surface area contributed by atoms with Gasteiger partial charge in [-0.1, -0.05) is 30.3 Å². The number of benzene rings is 2. The van der Waals surface area contributed by atoms with Crippen LogP contribution in [-0.4, -0.2) is 22.0 Å². The molecule has 0 aliphatic carbocycles. The van der Waals surface area contributed by atoms with Crippen molar-refractivity contribution in [2.75, 3.05) is 6.54 Å². The second kappa shape index (κ2) is 9.08. The lowest BCUT2D eigenvalue weighted by Gasteiger charge is -2.10. The number of aryl methyl sites for hydroxylation is 1. The summed E-state index contributed by atoms with van der Waals surface area (Å²) in [5.41, 5.74) is 2.88. The number of amides is 1. The first kappa shape index (κ1) is 18.8. The van der Waals surface area contributed by atoms with E-state index >= 15 is 0 Å². The van der Waals surface area contributed by atoms with E-state index in [9.17, 15) is 4.79 Å². The monoisotopic (exact) mass is 407 g/mol. The van der Waals surface area contributed by atoms with Crippen molar-refractivity contribution in [3.63, 3.8) is 0 Å². The summed E-state index contributed by atoms with van der Waals surface area (Å²) in [6.07, 6.45) is 2.72. The topological polar surface area (TPSA) is 46.9 Å². The highest BCUT2D eigenvalue weighted by atomic mass is 32.2. The summed E-state index contributed by atoms with van der Waals surface area (Å²) in [6.45, 7) is 1.46. The molecule has 4 aromatic rings. The van der Waals surface area contributed by atoms with Gasteiger partial charge in [0.05, 0.1) is 22.9 Å². The van der Waals surface area contributed by atoms with Gasteiger partial charge in [0, 0.05) is 28.6 Å². The van der Waals surface area contributed by atoms with Gasteiger partial charge in [-0.15, -0.1) is 23.1 Å². The lowest BCUT2D eigenvalue weighted by molar-refractivity contribution is 0.0950. The summed E-state index contributed by atoms with van der Waals surface area (Å²) < 4.78 is 2.13. The number of thioether (sulfide) groups is 1. The molecule has 2 aromatic carbocycles. The van der Waals surface area contributed by atoms with Crippen LogP contribution < -0.4 is 5.32 Å². The van der Waals surface area contributed by atoms with Crippen LogP contribution in [0.2, 0.25) is 0 Å². The molecule has 0 spiro atoms. The standard InChI is InChI=1S/C22H21N3OS2/c26-22(18-8-1-4-11-21(18)28-15-17-7-5-14-27-17)23-12-6-13-25-16-24-19-9-2-3-10-20(19)25/h1-5,7-11,14,16H,6,12-13,15H2,(H,23,26). The molecule has 0 bridgehead atoms. The Morgan fingerprint density at radius 2 is 1.93 bits per heavy atom. The zero-order valence-corrected chi connectivity index (χ0v) is 17.0. The zero-order valence-electron chi connectivity index (χ0n) is 15.4. The molecule has 1 amide bonds. The van der Waals surface area contributed by atoms with Crippen molar-refractivity contribution >= 4 is 40.0 Å². The molecule has 6 heteroatoms. The number of hydrogen-bond donors (Lipinski definition) is 1. The molecule has 0 saturated carbocycles. The number of para-hydroxylation sites is 2. The van der Waals surface area contributed by atoms with Gasteiger partial charge in [0.2, 0.25) is 0 Å². The van der Waals surface area contributed by atoms with Crippen LogP contribution in [0.5, 0.6) is 0 Å². The number of fused-ring (bicyclic) bond motifs is 1. The highest BCUT2D eigenvalue weighted by Gasteiger charge is 2.11. The van der Waals surface area contributed by atoms with Crippen LogP contribution in [0.3, 0.4) is 0 Å². The molecule has 4 nitrogen and oxygen atoms in total. The summed E-state index contributed by atoms with van der Waals surface area (Å²) in [7, 11) is 0. The fourth-order valence-corrected chi connectivity index (χ4v) is 4.88. The predicted molar refractivity (Wildman–Crippen MR) is 117 cm³/mol. The van der Waals surface area contributed by atoms with Gasteiger partial charge in [0.15, 0.2) is 0 Å². The molecule has 4 rings (SSSR count). The predicted octanol–water partition coefficient (Wildman–Crippen LogP) is 5.21. The van der Waals surface area contributed by atoms with E-state index in [1.54, 1.807) is 23.1 Å². The van der Waals surface area contributed by atoms with Crippen molar-refractivity contribution < 1.29 is 4.79 Å². The Kier molecular flexibility index (Phi) is 6.09. The maximum absolute atomic E-state index is 12.7. The average molecular weight is 408 g/mol. The van der Waals surface area contributed by atoms with Crippen LogP contribution in [0, 0.1) is 0 Å². The van der Waals surface area contributed by atoms with Gasteiger partial charge < -0.3 is 9.88 Å². The molecule has 28 heavy (non-hydrogen) atoms. The lowest BCUT2D eigenvalue weighted by Crippen LogP contribution is -2.25. The molecule has 1 N–H and O–H groups in total. The van der Waals surface area contributed by atoms with E-state index in [0.717, 1.165) is 40.2 Å². The summed E-state index contributed by atoms with van der Waals surface area (Å²) in [4.78, 5) is 19.4. The second-order valence-electron chi connectivity index (χ2n) is 6.40. The number of imidazole rings is 1. The fourth-order valence-electron chi connectivity index (χ4n) is 3.06. The Morgan fingerprint density at radius 1 is 1.07 bits per heavy atom. The minimum Gasteiger partial charge on any atom is -0.352 e. The van der Waals surface area contributed by atoms with Crippen molar-refractivity contribution in [3.05, 3.63) is 82.8 Å².